The molecule has 0 aliphatic heterocycles. The molecule has 0 aromatic heterocycles. The van der Waals surface area contributed by atoms with Crippen LogP contribution < -0.4 is 5.11 Å². The quantitative estimate of drug-likeness (QED) is 0.0256. The lowest BCUT2D eigenvalue weighted by Crippen LogP contribution is -2.44. The number of ether oxygens (including phenoxy) is 4. The highest BCUT2D eigenvalue weighted by Gasteiger charge is 2.22. The molecule has 2 unspecified atom stereocenters. The number of aliphatic carboxylic acids is 1. The van der Waals surface area contributed by atoms with E-state index in [1.54, 1.807) is 0 Å². The van der Waals surface area contributed by atoms with Gasteiger partial charge in [0.05, 0.1) is 40.3 Å². The van der Waals surface area contributed by atoms with Gasteiger partial charge in [-0.2, -0.15) is 0 Å². The van der Waals surface area contributed by atoms with Crippen LogP contribution in [0.25, 0.3) is 0 Å². The van der Waals surface area contributed by atoms with E-state index >= 15 is 0 Å². The maximum atomic E-state index is 13.0. The summed E-state index contributed by atoms with van der Waals surface area (Å²) in [5, 5.41) is 11.8. The number of esters is 2. The first kappa shape index (κ1) is 86.3. The predicted molar refractivity (Wildman–Crippen MR) is 376 cm³/mol. The lowest BCUT2D eigenvalue weighted by Gasteiger charge is -2.26. The number of quaternary nitrogens is 1. The standard InChI is InChI=1S/C79H155NO8/c1-6-8-10-12-14-16-18-20-22-24-26-28-30-32-34-36-37-38-39-40-41-42-44-46-48-50-52-54-56-58-60-62-64-66-68-70-77(82)88-75(74-87-79(78(83)84)85-72-71-80(3,4)5)73-86-76(81)69-67-65-63-61-59-57-55-53-51-49-47-45-43-35-33-31-29-27-25-23-21-19-17-15-13-11-9-7-2/h75,79H,6-74H2,1-5H3. The van der Waals surface area contributed by atoms with Crippen LogP contribution in [-0.4, -0.2) is 82.3 Å². The molecule has 9 nitrogen and oxygen atoms in total. The van der Waals surface area contributed by atoms with Gasteiger partial charge in [0.25, 0.3) is 0 Å². The largest absolute Gasteiger partial charge is 0.545 e. The molecule has 0 radical (unpaired) electrons. The molecule has 0 amide bonds. The number of nitrogens with zero attached hydrogens (tertiary/aromatic N) is 1. The Morgan fingerprint density at radius 2 is 0.511 bits per heavy atom. The zero-order valence-corrected chi connectivity index (χ0v) is 60.2. The van der Waals surface area contributed by atoms with Crippen LogP contribution >= 0.6 is 0 Å². The number of likely N-dealkylation sites (N-methyl/N-ethyl adjacent to an activating group) is 1. The Morgan fingerprint density at radius 1 is 0.295 bits per heavy atom. The molecule has 0 heterocycles. The summed E-state index contributed by atoms with van der Waals surface area (Å²) >= 11 is 0. The molecule has 0 aliphatic carbocycles. The number of hydrogen-bond donors (Lipinski definition) is 0. The Morgan fingerprint density at radius 3 is 0.727 bits per heavy atom. The summed E-state index contributed by atoms with van der Waals surface area (Å²) < 4.78 is 22.9. The molecule has 0 saturated heterocycles. The average Bonchev–Trinajstić information content (AvgIpc) is 3.54. The Hall–Kier alpha value is -1.71. The van der Waals surface area contributed by atoms with Crippen LogP contribution in [0.1, 0.15) is 431 Å². The fourth-order valence-corrected chi connectivity index (χ4v) is 12.5. The molecule has 0 aromatic rings. The van der Waals surface area contributed by atoms with Gasteiger partial charge in [0.15, 0.2) is 12.4 Å². The summed E-state index contributed by atoms with van der Waals surface area (Å²) in [5.41, 5.74) is 0. The molecular weight excluding hydrogens is 1090 g/mol. The predicted octanol–water partition coefficient (Wildman–Crippen LogP) is 23.7. The lowest BCUT2D eigenvalue weighted by molar-refractivity contribution is -0.870. The van der Waals surface area contributed by atoms with E-state index in [2.05, 4.69) is 13.8 Å². The molecule has 9 heteroatoms. The Balaban J connectivity index is 3.95. The number of carbonyl (C=O) groups is 3. The van der Waals surface area contributed by atoms with E-state index in [1.807, 2.05) is 21.1 Å². The second kappa shape index (κ2) is 71.1. The maximum Gasteiger partial charge on any atom is 0.306 e. The van der Waals surface area contributed by atoms with Crippen molar-refractivity contribution in [2.75, 3.05) is 47.5 Å². The zero-order valence-electron chi connectivity index (χ0n) is 60.2. The highest BCUT2D eigenvalue weighted by molar-refractivity contribution is 5.70. The minimum absolute atomic E-state index is 0.154. The zero-order chi connectivity index (χ0) is 64.0. The Labute approximate surface area is 549 Å². The van der Waals surface area contributed by atoms with Gasteiger partial charge in [0.2, 0.25) is 0 Å². The fraction of sp³-hybridized carbons (Fsp3) is 0.962. The third-order valence-electron chi connectivity index (χ3n) is 18.6. The fourth-order valence-electron chi connectivity index (χ4n) is 12.5. The molecule has 2 atom stereocenters. The summed E-state index contributed by atoms with van der Waals surface area (Å²) in [4.78, 5) is 37.6. The molecule has 0 rings (SSSR count). The molecule has 0 bridgehead atoms. The van der Waals surface area contributed by atoms with Crippen LogP contribution in [0.2, 0.25) is 0 Å². The molecule has 0 spiro atoms. The van der Waals surface area contributed by atoms with Crippen LogP contribution in [0, 0.1) is 0 Å². The van der Waals surface area contributed by atoms with Crippen LogP contribution in [-0.2, 0) is 33.3 Å². The second-order valence-electron chi connectivity index (χ2n) is 28.7. The summed E-state index contributed by atoms with van der Waals surface area (Å²) in [5.74, 6) is -2.24. The molecule has 524 valence electrons. The van der Waals surface area contributed by atoms with E-state index in [9.17, 15) is 19.5 Å². The van der Waals surface area contributed by atoms with Crippen molar-refractivity contribution in [3.8, 4) is 0 Å². The Kier molecular flexibility index (Phi) is 69.8. The minimum atomic E-state index is -1.62. The number of unbranched alkanes of at least 4 members (excludes halogenated alkanes) is 61. The number of carboxylic acid groups (broad SMARTS) is 1. The average molecular weight is 1250 g/mol. The van der Waals surface area contributed by atoms with Crippen LogP contribution in [0.5, 0.6) is 0 Å². The van der Waals surface area contributed by atoms with Crippen molar-refractivity contribution in [1.29, 1.82) is 0 Å². The van der Waals surface area contributed by atoms with Crippen LogP contribution in [0.4, 0.5) is 0 Å². The maximum absolute atomic E-state index is 13.0. The summed E-state index contributed by atoms with van der Waals surface area (Å²) in [6.07, 6.45) is 83.8. The van der Waals surface area contributed by atoms with E-state index in [4.69, 9.17) is 18.9 Å². The minimum Gasteiger partial charge on any atom is -0.545 e. The molecule has 0 aromatic carbocycles. The number of carbonyl (C=O) groups excluding carboxylic acids is 3. The number of hydrogen-bond acceptors (Lipinski definition) is 8. The van der Waals surface area contributed by atoms with E-state index in [1.165, 1.54) is 366 Å². The van der Waals surface area contributed by atoms with E-state index in [-0.39, 0.29) is 32.2 Å². The van der Waals surface area contributed by atoms with Gasteiger partial charge in [-0.25, -0.2) is 0 Å². The molecule has 0 aliphatic rings. The normalized spacial score (nSPS) is 12.5. The van der Waals surface area contributed by atoms with Gasteiger partial charge in [-0.3, -0.25) is 9.59 Å². The van der Waals surface area contributed by atoms with Crippen LogP contribution in [0.15, 0.2) is 0 Å². The topological polar surface area (TPSA) is 111 Å². The van der Waals surface area contributed by atoms with Gasteiger partial charge >= 0.3 is 11.9 Å². The number of carboxylic acids is 1. The summed E-state index contributed by atoms with van der Waals surface area (Å²) in [6, 6.07) is 0. The first-order valence-corrected chi connectivity index (χ1v) is 39.7. The monoisotopic (exact) mass is 1250 g/mol. The molecule has 0 saturated carbocycles. The van der Waals surface area contributed by atoms with Crippen LogP contribution in [0.3, 0.4) is 0 Å². The van der Waals surface area contributed by atoms with Crippen molar-refractivity contribution < 1.29 is 42.9 Å². The van der Waals surface area contributed by atoms with E-state index < -0.39 is 24.3 Å². The molecule has 88 heavy (non-hydrogen) atoms. The summed E-state index contributed by atoms with van der Waals surface area (Å²) in [6.45, 7) is 4.86. The second-order valence-corrected chi connectivity index (χ2v) is 28.7. The van der Waals surface area contributed by atoms with E-state index in [0.29, 0.717) is 17.4 Å². The van der Waals surface area contributed by atoms with Crippen molar-refractivity contribution in [1.82, 2.24) is 0 Å². The highest BCUT2D eigenvalue weighted by Crippen LogP contribution is 2.21. The van der Waals surface area contributed by atoms with Gasteiger partial charge in [0.1, 0.15) is 13.2 Å². The SMILES string of the molecule is CCCCCCCCCCCCCCCCCCCCCCCCCCCCCCCCCCCCCC(=O)OC(COC(=O)CCCCCCCCCCCCCCCCCCCCCCCCCCCCCC)COC(OCC[N+](C)(C)C)C(=O)[O-]. The van der Waals surface area contributed by atoms with Gasteiger partial charge < -0.3 is 33.3 Å². The Bertz CT molecular complexity index is 1400. The molecule has 0 N–H and O–H groups in total. The van der Waals surface area contributed by atoms with Crippen molar-refractivity contribution in [3.63, 3.8) is 0 Å². The van der Waals surface area contributed by atoms with E-state index in [0.717, 1.165) is 38.5 Å². The first-order valence-electron chi connectivity index (χ1n) is 39.7. The van der Waals surface area contributed by atoms with Gasteiger partial charge in [-0.05, 0) is 12.8 Å². The van der Waals surface area contributed by atoms with Crippen molar-refractivity contribution in [2.45, 2.75) is 444 Å². The van der Waals surface area contributed by atoms with Gasteiger partial charge in [-0.1, -0.05) is 406 Å². The van der Waals surface area contributed by atoms with Gasteiger partial charge in [0, 0.05) is 12.8 Å². The highest BCUT2D eigenvalue weighted by atomic mass is 16.7. The lowest BCUT2D eigenvalue weighted by atomic mass is 10.0. The first-order chi connectivity index (χ1) is 43.1. The van der Waals surface area contributed by atoms with Crippen molar-refractivity contribution in [2.24, 2.45) is 0 Å². The van der Waals surface area contributed by atoms with Gasteiger partial charge in [-0.15, -0.1) is 0 Å². The van der Waals surface area contributed by atoms with Crippen molar-refractivity contribution >= 4 is 17.9 Å². The third-order valence-corrected chi connectivity index (χ3v) is 18.6. The smallest absolute Gasteiger partial charge is 0.306 e. The number of rotatable bonds is 76. The molecule has 0 fully saturated rings. The third kappa shape index (κ3) is 71.7. The molecular formula is C79H155NO8. The summed E-state index contributed by atoms with van der Waals surface area (Å²) in [7, 11) is 5.96. The van der Waals surface area contributed by atoms with Crippen molar-refractivity contribution in [3.05, 3.63) is 0 Å².